The van der Waals surface area contributed by atoms with Gasteiger partial charge in [0.25, 0.3) is 0 Å². The molecule has 0 N–H and O–H groups in total. The van der Waals surface area contributed by atoms with E-state index in [1.807, 2.05) is 24.3 Å². The molecule has 1 aliphatic heterocycles. The van der Waals surface area contributed by atoms with Crippen LogP contribution in [0.4, 0.5) is 4.39 Å². The largest absolute Gasteiger partial charge is 0.294 e. The minimum atomic E-state index is -0.197. The van der Waals surface area contributed by atoms with Crippen LogP contribution >= 0.6 is 0 Å². The van der Waals surface area contributed by atoms with Crippen molar-refractivity contribution in [3.05, 3.63) is 60.2 Å². The van der Waals surface area contributed by atoms with Gasteiger partial charge in [0, 0.05) is 30.5 Å². The summed E-state index contributed by atoms with van der Waals surface area (Å²) in [6.45, 7) is 2.56. The quantitative estimate of drug-likeness (QED) is 0.715. The highest BCUT2D eigenvalue weighted by Gasteiger charge is 2.25. The molecule has 0 bridgehead atoms. The maximum Gasteiger partial charge on any atom is 0.205 e. The number of pyridine rings is 1. The van der Waals surface area contributed by atoms with Gasteiger partial charge in [-0.1, -0.05) is 12.1 Å². The summed E-state index contributed by atoms with van der Waals surface area (Å²) < 4.78 is 13.1. The third-order valence-electron chi connectivity index (χ3n) is 4.56. The predicted molar refractivity (Wildman–Crippen MR) is 90.9 cm³/mol. The molecule has 0 unspecified atom stereocenters. The zero-order valence-electron chi connectivity index (χ0n) is 13.8. The van der Waals surface area contributed by atoms with E-state index >= 15 is 0 Å². The topological polar surface area (TPSA) is 59.7 Å². The van der Waals surface area contributed by atoms with Crippen LogP contribution in [0.2, 0.25) is 0 Å². The molecule has 3 aromatic rings. The van der Waals surface area contributed by atoms with Gasteiger partial charge in [-0.05, 0) is 54.4 Å². The fourth-order valence-electron chi connectivity index (χ4n) is 3.26. The van der Waals surface area contributed by atoms with Crippen molar-refractivity contribution in [2.24, 2.45) is 0 Å². The number of hydrogen-bond acceptors (Lipinski definition) is 5. The number of aromatic nitrogens is 5. The first-order chi connectivity index (χ1) is 12.3. The molecule has 1 atom stereocenters. The van der Waals surface area contributed by atoms with Crippen LogP contribution in [-0.2, 0) is 13.1 Å². The van der Waals surface area contributed by atoms with E-state index in [0.717, 1.165) is 37.1 Å². The van der Waals surface area contributed by atoms with Gasteiger partial charge in [-0.3, -0.25) is 9.88 Å². The first-order valence-electron chi connectivity index (χ1n) is 8.44. The Labute approximate surface area is 145 Å². The second-order valence-corrected chi connectivity index (χ2v) is 6.30. The highest BCUT2D eigenvalue weighted by Crippen LogP contribution is 2.21. The summed E-state index contributed by atoms with van der Waals surface area (Å²) in [5, 5.41) is 12.8. The van der Waals surface area contributed by atoms with Crippen molar-refractivity contribution in [2.75, 3.05) is 6.54 Å². The van der Waals surface area contributed by atoms with Crippen molar-refractivity contribution in [3.63, 3.8) is 0 Å². The lowest BCUT2D eigenvalue weighted by Crippen LogP contribution is -2.33. The minimum Gasteiger partial charge on any atom is -0.294 e. The van der Waals surface area contributed by atoms with Gasteiger partial charge in [0.1, 0.15) is 5.82 Å². The second-order valence-electron chi connectivity index (χ2n) is 6.30. The van der Waals surface area contributed by atoms with E-state index < -0.39 is 0 Å². The van der Waals surface area contributed by atoms with Gasteiger partial charge >= 0.3 is 0 Å². The molecule has 0 spiro atoms. The van der Waals surface area contributed by atoms with Crippen LogP contribution in [0.15, 0.2) is 48.8 Å². The Balaban J connectivity index is 1.43. The molecule has 6 nitrogen and oxygen atoms in total. The van der Waals surface area contributed by atoms with E-state index in [4.69, 9.17) is 0 Å². The van der Waals surface area contributed by atoms with Gasteiger partial charge in [0.2, 0.25) is 5.82 Å². The molecule has 128 valence electrons. The SMILES string of the molecule is Fc1ccc(CN2CCC[C@H]2Cn2nnc(-c3ccncc3)n2)cc1. The number of tetrazole rings is 1. The first-order valence-corrected chi connectivity index (χ1v) is 8.44. The smallest absolute Gasteiger partial charge is 0.205 e. The average Bonchev–Trinajstić information content (AvgIpc) is 3.28. The molecule has 25 heavy (non-hydrogen) atoms. The molecular formula is C18H19FN6. The van der Waals surface area contributed by atoms with E-state index in [2.05, 4.69) is 25.3 Å². The minimum absolute atomic E-state index is 0.197. The van der Waals surface area contributed by atoms with Gasteiger partial charge < -0.3 is 0 Å². The second kappa shape index (κ2) is 7.06. The van der Waals surface area contributed by atoms with Crippen LogP contribution < -0.4 is 0 Å². The zero-order valence-corrected chi connectivity index (χ0v) is 13.8. The summed E-state index contributed by atoms with van der Waals surface area (Å²) in [4.78, 5) is 8.08. The molecule has 0 aliphatic carbocycles. The van der Waals surface area contributed by atoms with Crippen molar-refractivity contribution < 1.29 is 4.39 Å². The van der Waals surface area contributed by atoms with Gasteiger partial charge in [0.05, 0.1) is 6.54 Å². The normalized spacial score (nSPS) is 17.9. The van der Waals surface area contributed by atoms with Crippen LogP contribution in [0.5, 0.6) is 0 Å². The van der Waals surface area contributed by atoms with E-state index in [9.17, 15) is 4.39 Å². The summed E-state index contributed by atoms with van der Waals surface area (Å²) in [5.74, 6) is 0.419. The third-order valence-corrected chi connectivity index (χ3v) is 4.56. The molecule has 1 aromatic carbocycles. The van der Waals surface area contributed by atoms with Crippen molar-refractivity contribution in [1.82, 2.24) is 30.1 Å². The van der Waals surface area contributed by atoms with E-state index in [-0.39, 0.29) is 5.82 Å². The fourth-order valence-corrected chi connectivity index (χ4v) is 3.26. The van der Waals surface area contributed by atoms with Crippen molar-refractivity contribution in [2.45, 2.75) is 32.0 Å². The molecular weight excluding hydrogens is 319 g/mol. The number of rotatable bonds is 5. The highest BCUT2D eigenvalue weighted by atomic mass is 19.1. The number of likely N-dealkylation sites (tertiary alicyclic amines) is 1. The number of halogens is 1. The molecule has 2 aromatic heterocycles. The summed E-state index contributed by atoms with van der Waals surface area (Å²) in [5.41, 5.74) is 2.04. The summed E-state index contributed by atoms with van der Waals surface area (Å²) in [6.07, 6.45) is 5.69. The van der Waals surface area contributed by atoms with Crippen LogP contribution in [0.1, 0.15) is 18.4 Å². The Bertz CT molecular complexity index is 817. The lowest BCUT2D eigenvalue weighted by Gasteiger charge is -2.23. The van der Waals surface area contributed by atoms with Crippen molar-refractivity contribution in [1.29, 1.82) is 0 Å². The lowest BCUT2D eigenvalue weighted by atomic mass is 10.2. The monoisotopic (exact) mass is 338 g/mol. The molecule has 1 aliphatic rings. The van der Waals surface area contributed by atoms with Gasteiger partial charge in [0.15, 0.2) is 0 Å². The number of hydrogen-bond donors (Lipinski definition) is 0. The number of nitrogens with zero attached hydrogens (tertiary/aromatic N) is 6. The Hall–Kier alpha value is -2.67. The Morgan fingerprint density at radius 1 is 1.08 bits per heavy atom. The maximum atomic E-state index is 13.1. The summed E-state index contributed by atoms with van der Waals surface area (Å²) >= 11 is 0. The van der Waals surface area contributed by atoms with Gasteiger partial charge in [-0.15, -0.1) is 10.2 Å². The Morgan fingerprint density at radius 2 is 1.88 bits per heavy atom. The summed E-state index contributed by atoms with van der Waals surface area (Å²) in [7, 11) is 0. The van der Waals surface area contributed by atoms with E-state index in [0.29, 0.717) is 18.4 Å². The first kappa shape index (κ1) is 15.8. The van der Waals surface area contributed by atoms with Gasteiger partial charge in [-0.2, -0.15) is 4.80 Å². The van der Waals surface area contributed by atoms with Crippen LogP contribution in [0, 0.1) is 5.82 Å². The maximum absolute atomic E-state index is 13.1. The molecule has 3 heterocycles. The standard InChI is InChI=1S/C18H19FN6/c19-16-5-3-14(4-6-16)12-24-11-1-2-17(24)13-25-22-18(21-23-25)15-7-9-20-10-8-15/h3-10,17H,1-2,11-13H2/t17-/m0/s1. The molecule has 0 saturated carbocycles. The Morgan fingerprint density at radius 3 is 2.68 bits per heavy atom. The summed E-state index contributed by atoms with van der Waals surface area (Å²) in [6, 6.07) is 10.8. The average molecular weight is 338 g/mol. The zero-order chi connectivity index (χ0) is 17.1. The van der Waals surface area contributed by atoms with Gasteiger partial charge in [-0.25, -0.2) is 4.39 Å². The molecule has 4 rings (SSSR count). The fraction of sp³-hybridized carbons (Fsp3) is 0.333. The predicted octanol–water partition coefficient (Wildman–Crippen LogP) is 2.54. The van der Waals surface area contributed by atoms with Crippen LogP contribution in [0.3, 0.4) is 0 Å². The molecule has 0 radical (unpaired) electrons. The van der Waals surface area contributed by atoms with E-state index in [1.165, 1.54) is 12.1 Å². The third kappa shape index (κ3) is 3.71. The van der Waals surface area contributed by atoms with Crippen molar-refractivity contribution in [3.8, 4) is 11.4 Å². The highest BCUT2D eigenvalue weighted by molar-refractivity contribution is 5.51. The molecule has 7 heteroatoms. The van der Waals surface area contributed by atoms with Crippen LogP contribution in [-0.4, -0.2) is 42.7 Å². The van der Waals surface area contributed by atoms with Crippen LogP contribution in [0.25, 0.3) is 11.4 Å². The molecule has 0 amide bonds. The van der Waals surface area contributed by atoms with E-state index in [1.54, 1.807) is 17.2 Å². The van der Waals surface area contributed by atoms with Crippen molar-refractivity contribution >= 4 is 0 Å². The molecule has 1 fully saturated rings. The lowest BCUT2D eigenvalue weighted by molar-refractivity contribution is 0.211. The number of benzene rings is 1. The Kier molecular flexibility index (Phi) is 4.47. The molecule has 1 saturated heterocycles.